The van der Waals surface area contributed by atoms with Gasteiger partial charge in [-0.05, 0) is 128 Å². The number of rotatable bonds is 51. The Kier molecular flexibility index (Phi) is 54.9. The molecule has 1 atom stereocenters. The Hall–Kier alpha value is -3.44. The Balaban J connectivity index is 4.36. The molecule has 0 saturated heterocycles. The molecule has 0 aliphatic heterocycles. The van der Waals surface area contributed by atoms with Gasteiger partial charge in [0.25, 0.3) is 0 Å². The number of carbonyl (C=O) groups is 2. The lowest BCUT2D eigenvalue weighted by molar-refractivity contribution is -0.163. The van der Waals surface area contributed by atoms with Gasteiger partial charge in [0, 0.05) is 19.4 Å². The second kappa shape index (κ2) is 57.9. The summed E-state index contributed by atoms with van der Waals surface area (Å²) >= 11 is 0. The topological polar surface area (TPSA) is 61.8 Å². The van der Waals surface area contributed by atoms with E-state index in [1.807, 2.05) is 0 Å². The smallest absolute Gasteiger partial charge is 0.306 e. The summed E-state index contributed by atoms with van der Waals surface area (Å²) < 4.78 is 17.4. The van der Waals surface area contributed by atoms with Crippen molar-refractivity contribution in [2.75, 3.05) is 19.8 Å². The highest BCUT2D eigenvalue weighted by Crippen LogP contribution is 2.13. The van der Waals surface area contributed by atoms with Crippen LogP contribution in [0.5, 0.6) is 0 Å². The molecule has 0 aliphatic rings. The summed E-state index contributed by atoms with van der Waals surface area (Å²) in [5.74, 6) is -0.452. The van der Waals surface area contributed by atoms with Gasteiger partial charge in [-0.1, -0.05) is 220 Å². The van der Waals surface area contributed by atoms with Crippen LogP contribution in [0.15, 0.2) is 109 Å². The van der Waals surface area contributed by atoms with Crippen molar-refractivity contribution < 1.29 is 23.8 Å². The van der Waals surface area contributed by atoms with Crippen molar-refractivity contribution in [2.45, 2.75) is 258 Å². The van der Waals surface area contributed by atoms with Gasteiger partial charge >= 0.3 is 11.9 Å². The molecule has 0 fully saturated rings. The molecule has 0 aromatic carbocycles. The molecule has 68 heavy (non-hydrogen) atoms. The van der Waals surface area contributed by atoms with Crippen molar-refractivity contribution in [1.29, 1.82) is 0 Å². The molecule has 0 radical (unpaired) electrons. The first kappa shape index (κ1) is 64.6. The van der Waals surface area contributed by atoms with Gasteiger partial charge in [-0.3, -0.25) is 9.59 Å². The van der Waals surface area contributed by atoms with E-state index in [0.29, 0.717) is 19.4 Å². The summed E-state index contributed by atoms with van der Waals surface area (Å²) in [6.07, 6.45) is 79.6. The molecular weight excluding hydrogens is 837 g/mol. The van der Waals surface area contributed by atoms with E-state index in [4.69, 9.17) is 14.2 Å². The lowest BCUT2D eigenvalue weighted by Crippen LogP contribution is -2.30. The molecular formula is C63H106O5. The maximum absolute atomic E-state index is 12.8. The number of ether oxygens (including phenoxy) is 3. The quantitative estimate of drug-likeness (QED) is 0.0345. The Morgan fingerprint density at radius 1 is 0.338 bits per heavy atom. The second-order valence-corrected chi connectivity index (χ2v) is 18.4. The zero-order chi connectivity index (χ0) is 49.2. The average Bonchev–Trinajstić information content (AvgIpc) is 3.34. The molecule has 0 saturated carbocycles. The van der Waals surface area contributed by atoms with E-state index in [-0.39, 0.29) is 25.2 Å². The van der Waals surface area contributed by atoms with Crippen LogP contribution < -0.4 is 0 Å². The Morgan fingerprint density at radius 2 is 0.662 bits per heavy atom. The van der Waals surface area contributed by atoms with E-state index in [9.17, 15) is 9.59 Å². The minimum atomic E-state index is -0.567. The summed E-state index contributed by atoms with van der Waals surface area (Å²) in [6, 6.07) is 0. The third kappa shape index (κ3) is 55.2. The predicted molar refractivity (Wildman–Crippen MR) is 297 cm³/mol. The van der Waals surface area contributed by atoms with Crippen molar-refractivity contribution in [2.24, 2.45) is 0 Å². The summed E-state index contributed by atoms with van der Waals surface area (Å²) in [4.78, 5) is 25.5. The minimum Gasteiger partial charge on any atom is -0.462 e. The van der Waals surface area contributed by atoms with Crippen LogP contribution in [0.3, 0.4) is 0 Å². The van der Waals surface area contributed by atoms with Crippen molar-refractivity contribution in [3.05, 3.63) is 109 Å². The van der Waals surface area contributed by atoms with Gasteiger partial charge in [0.05, 0.1) is 6.61 Å². The molecule has 0 heterocycles. The van der Waals surface area contributed by atoms with Gasteiger partial charge in [0.1, 0.15) is 6.61 Å². The zero-order valence-corrected chi connectivity index (χ0v) is 44.6. The third-order valence-corrected chi connectivity index (χ3v) is 11.8. The largest absolute Gasteiger partial charge is 0.462 e. The highest BCUT2D eigenvalue weighted by molar-refractivity contribution is 5.70. The van der Waals surface area contributed by atoms with E-state index >= 15 is 0 Å². The van der Waals surface area contributed by atoms with Gasteiger partial charge in [-0.15, -0.1) is 0 Å². The van der Waals surface area contributed by atoms with Crippen LogP contribution in [-0.4, -0.2) is 37.9 Å². The van der Waals surface area contributed by atoms with Crippen molar-refractivity contribution >= 4 is 11.9 Å². The molecule has 0 amide bonds. The van der Waals surface area contributed by atoms with Gasteiger partial charge in [-0.2, -0.15) is 0 Å². The fourth-order valence-corrected chi connectivity index (χ4v) is 7.54. The monoisotopic (exact) mass is 943 g/mol. The molecule has 0 rings (SSSR count). The number of hydrogen-bond acceptors (Lipinski definition) is 5. The van der Waals surface area contributed by atoms with Gasteiger partial charge < -0.3 is 14.2 Å². The SMILES string of the molecule is CC/C=C\C/C=C\C/C=C\C/C=C\C/C=C\CCCCCC(=O)OCC(COCCCCCCCCC/C=C\C/C=C\C/C=C\CCCCC)OC(=O)CCCCCCC/C=C\CCCCCC. The Bertz CT molecular complexity index is 1340. The second-order valence-electron chi connectivity index (χ2n) is 18.4. The van der Waals surface area contributed by atoms with Crippen molar-refractivity contribution in [1.82, 2.24) is 0 Å². The molecule has 5 nitrogen and oxygen atoms in total. The first-order valence-corrected chi connectivity index (χ1v) is 28.4. The predicted octanol–water partition coefficient (Wildman–Crippen LogP) is 19.6. The molecule has 0 bridgehead atoms. The van der Waals surface area contributed by atoms with Gasteiger partial charge in [0.2, 0.25) is 0 Å². The van der Waals surface area contributed by atoms with Crippen molar-refractivity contribution in [3.63, 3.8) is 0 Å². The van der Waals surface area contributed by atoms with Crippen LogP contribution in [0.4, 0.5) is 0 Å². The summed E-state index contributed by atoms with van der Waals surface area (Å²) in [6.45, 7) is 7.61. The zero-order valence-electron chi connectivity index (χ0n) is 44.6. The molecule has 0 aliphatic carbocycles. The number of unbranched alkanes of at least 4 members (excludes halogenated alkanes) is 22. The number of allylic oxidation sites excluding steroid dienone is 18. The maximum atomic E-state index is 12.8. The Labute approximate surface area is 421 Å². The molecule has 0 aromatic heterocycles. The molecule has 0 aromatic rings. The van der Waals surface area contributed by atoms with Gasteiger partial charge in [0.15, 0.2) is 6.10 Å². The van der Waals surface area contributed by atoms with E-state index in [0.717, 1.165) is 109 Å². The van der Waals surface area contributed by atoms with Crippen LogP contribution in [0.1, 0.15) is 252 Å². The number of esters is 2. The highest BCUT2D eigenvalue weighted by Gasteiger charge is 2.17. The fourth-order valence-electron chi connectivity index (χ4n) is 7.54. The molecule has 1 unspecified atom stereocenters. The maximum Gasteiger partial charge on any atom is 0.306 e. The minimum absolute atomic E-state index is 0.0550. The first-order chi connectivity index (χ1) is 33.6. The molecule has 5 heteroatoms. The van der Waals surface area contributed by atoms with Crippen LogP contribution in [0.25, 0.3) is 0 Å². The van der Waals surface area contributed by atoms with Crippen LogP contribution >= 0.6 is 0 Å². The number of hydrogen-bond donors (Lipinski definition) is 0. The first-order valence-electron chi connectivity index (χ1n) is 28.4. The number of carbonyl (C=O) groups excluding carboxylic acids is 2. The molecule has 0 spiro atoms. The summed E-state index contributed by atoms with van der Waals surface area (Å²) in [5.41, 5.74) is 0. The Morgan fingerprint density at radius 3 is 1.12 bits per heavy atom. The van der Waals surface area contributed by atoms with E-state index in [2.05, 4.69) is 130 Å². The standard InChI is InChI=1S/C63H106O5/c1-4-7-10-13-16-19-22-25-27-29-31-33-35-37-40-43-46-49-52-55-58-66-59-61(68-63(65)57-54-51-48-45-42-38-24-21-18-15-12-9-6-3)60-67-62(64)56-53-50-47-44-41-39-36-34-32-30-28-26-23-20-17-14-11-8-5-2/h8,11,16-17,19-21,24-28,31-34,39,41,61H,4-7,9-10,12-15,18,22-23,29-30,35-38,40,42-60H2,1-3H3/b11-8-,19-16-,20-17-,24-21-,27-25-,28-26-,33-31-,34-32-,41-39-. The van der Waals surface area contributed by atoms with Crippen molar-refractivity contribution in [3.8, 4) is 0 Å². The highest BCUT2D eigenvalue weighted by atomic mass is 16.6. The van der Waals surface area contributed by atoms with Crippen LogP contribution in [-0.2, 0) is 23.8 Å². The van der Waals surface area contributed by atoms with E-state index < -0.39 is 6.10 Å². The third-order valence-electron chi connectivity index (χ3n) is 11.8. The summed E-state index contributed by atoms with van der Waals surface area (Å²) in [7, 11) is 0. The van der Waals surface area contributed by atoms with Crippen LogP contribution in [0, 0.1) is 0 Å². The lowest BCUT2D eigenvalue weighted by atomic mass is 10.1. The average molecular weight is 944 g/mol. The molecule has 388 valence electrons. The van der Waals surface area contributed by atoms with E-state index in [1.54, 1.807) is 0 Å². The lowest BCUT2D eigenvalue weighted by Gasteiger charge is -2.18. The van der Waals surface area contributed by atoms with Crippen LogP contribution in [0.2, 0.25) is 0 Å². The molecule has 0 N–H and O–H groups in total. The van der Waals surface area contributed by atoms with E-state index in [1.165, 1.54) is 109 Å². The van der Waals surface area contributed by atoms with Gasteiger partial charge in [-0.25, -0.2) is 0 Å². The fraction of sp³-hybridized carbons (Fsp3) is 0.683. The summed E-state index contributed by atoms with van der Waals surface area (Å²) in [5, 5.41) is 0. The normalized spacial score (nSPS) is 13.0.